The molecule has 0 aliphatic heterocycles. The second-order valence-corrected chi connectivity index (χ2v) is 7.65. The highest BCUT2D eigenvalue weighted by atomic mass is 32.2. The van der Waals surface area contributed by atoms with E-state index in [9.17, 15) is 8.42 Å². The molecule has 5 heteroatoms. The molecule has 1 atom stereocenters. The average molecular weight is 236 g/mol. The largest absolute Gasteiger partial charge is 0.326 e. The summed E-state index contributed by atoms with van der Waals surface area (Å²) in [5.41, 5.74) is 4.86. The van der Waals surface area contributed by atoms with E-state index in [1.165, 1.54) is 0 Å². The van der Waals surface area contributed by atoms with Crippen LogP contribution in [-0.2, 0) is 10.0 Å². The molecule has 0 radical (unpaired) electrons. The Morgan fingerprint density at radius 1 is 1.20 bits per heavy atom. The molecule has 15 heavy (non-hydrogen) atoms. The minimum atomic E-state index is -3.27. The quantitative estimate of drug-likeness (QED) is 0.767. The highest BCUT2D eigenvalue weighted by molar-refractivity contribution is 7.89. The van der Waals surface area contributed by atoms with Crippen molar-refractivity contribution in [2.24, 2.45) is 11.1 Å². The van der Waals surface area contributed by atoms with Crippen LogP contribution in [0.25, 0.3) is 0 Å². The summed E-state index contributed by atoms with van der Waals surface area (Å²) in [5.74, 6) is 0.107. The molecular formula is C10H24N2O2S. The highest BCUT2D eigenvalue weighted by Gasteiger charge is 2.30. The lowest BCUT2D eigenvalue weighted by molar-refractivity contribution is 0.380. The van der Waals surface area contributed by atoms with Crippen LogP contribution in [0.2, 0.25) is 0 Å². The molecule has 0 aliphatic carbocycles. The molecule has 92 valence electrons. The number of hydrogen-bond acceptors (Lipinski definition) is 3. The fourth-order valence-electron chi connectivity index (χ4n) is 1.10. The predicted molar refractivity (Wildman–Crippen MR) is 64.1 cm³/mol. The lowest BCUT2D eigenvalue weighted by Gasteiger charge is -2.31. The summed E-state index contributed by atoms with van der Waals surface area (Å²) in [4.78, 5) is 0. The van der Waals surface area contributed by atoms with Gasteiger partial charge in [0.2, 0.25) is 10.0 Å². The van der Waals surface area contributed by atoms with E-state index in [0.29, 0.717) is 0 Å². The Labute approximate surface area is 93.7 Å². The SMILES string of the molecule is CC(N)C(C)(C)NS(=O)(=O)CC(C)(C)C. The van der Waals surface area contributed by atoms with Crippen LogP contribution >= 0.6 is 0 Å². The third-order valence-corrected chi connectivity index (χ3v) is 4.26. The van der Waals surface area contributed by atoms with Gasteiger partial charge < -0.3 is 5.73 Å². The van der Waals surface area contributed by atoms with Gasteiger partial charge >= 0.3 is 0 Å². The number of hydrogen-bond donors (Lipinski definition) is 2. The minimum Gasteiger partial charge on any atom is -0.326 e. The van der Waals surface area contributed by atoms with Gasteiger partial charge in [-0.2, -0.15) is 0 Å². The summed E-state index contributed by atoms with van der Waals surface area (Å²) in [5, 5.41) is 0. The zero-order valence-corrected chi connectivity index (χ0v) is 11.4. The molecule has 0 rings (SSSR count). The van der Waals surface area contributed by atoms with Crippen molar-refractivity contribution in [2.45, 2.75) is 53.1 Å². The van der Waals surface area contributed by atoms with Gasteiger partial charge in [-0.25, -0.2) is 13.1 Å². The molecule has 0 heterocycles. The van der Waals surface area contributed by atoms with E-state index in [2.05, 4.69) is 4.72 Å². The summed E-state index contributed by atoms with van der Waals surface area (Å²) in [6, 6.07) is -0.229. The molecule has 0 saturated carbocycles. The molecule has 0 aromatic rings. The van der Waals surface area contributed by atoms with E-state index in [4.69, 9.17) is 5.73 Å². The molecule has 4 nitrogen and oxygen atoms in total. The first-order chi connectivity index (χ1) is 6.36. The molecule has 0 saturated heterocycles. The van der Waals surface area contributed by atoms with Crippen LogP contribution in [0.5, 0.6) is 0 Å². The van der Waals surface area contributed by atoms with Crippen LogP contribution < -0.4 is 10.5 Å². The van der Waals surface area contributed by atoms with E-state index in [-0.39, 0.29) is 17.2 Å². The molecular weight excluding hydrogens is 212 g/mol. The van der Waals surface area contributed by atoms with E-state index >= 15 is 0 Å². The van der Waals surface area contributed by atoms with E-state index in [1.807, 2.05) is 20.8 Å². The molecule has 3 N–H and O–H groups in total. The topological polar surface area (TPSA) is 72.2 Å². The van der Waals surface area contributed by atoms with E-state index in [0.717, 1.165) is 0 Å². The molecule has 0 amide bonds. The maximum atomic E-state index is 11.8. The van der Waals surface area contributed by atoms with Gasteiger partial charge in [0, 0.05) is 11.6 Å². The third-order valence-electron chi connectivity index (χ3n) is 2.18. The van der Waals surface area contributed by atoms with Crippen LogP contribution in [0, 0.1) is 5.41 Å². The Kier molecular flexibility index (Phi) is 4.35. The van der Waals surface area contributed by atoms with Crippen molar-refractivity contribution in [1.82, 2.24) is 4.72 Å². The Morgan fingerprint density at radius 3 is 1.87 bits per heavy atom. The van der Waals surface area contributed by atoms with Crippen LogP contribution in [0.4, 0.5) is 0 Å². The molecule has 0 aromatic carbocycles. The second-order valence-electron chi connectivity index (χ2n) is 5.93. The molecule has 1 unspecified atom stereocenters. The van der Waals surface area contributed by atoms with Gasteiger partial charge in [-0.1, -0.05) is 20.8 Å². The molecule has 0 bridgehead atoms. The monoisotopic (exact) mass is 236 g/mol. The first kappa shape index (κ1) is 14.9. The van der Waals surface area contributed by atoms with Crippen LogP contribution in [0.3, 0.4) is 0 Å². The maximum Gasteiger partial charge on any atom is 0.212 e. The van der Waals surface area contributed by atoms with E-state index in [1.54, 1.807) is 20.8 Å². The first-order valence-corrected chi connectivity index (χ1v) is 6.78. The van der Waals surface area contributed by atoms with Crippen molar-refractivity contribution in [1.29, 1.82) is 0 Å². The van der Waals surface area contributed by atoms with Crippen molar-refractivity contribution in [3.63, 3.8) is 0 Å². The van der Waals surface area contributed by atoms with Gasteiger partial charge in [0.15, 0.2) is 0 Å². The van der Waals surface area contributed by atoms with Crippen molar-refractivity contribution in [2.75, 3.05) is 5.75 Å². The zero-order valence-electron chi connectivity index (χ0n) is 10.6. The Hall–Kier alpha value is -0.130. The predicted octanol–water partition coefficient (Wildman–Crippen LogP) is 1.08. The third kappa shape index (κ3) is 6.12. The normalized spacial score (nSPS) is 16.5. The number of rotatable bonds is 4. The summed E-state index contributed by atoms with van der Waals surface area (Å²) in [6.45, 7) is 11.1. The molecule has 0 fully saturated rings. The van der Waals surface area contributed by atoms with Crippen LogP contribution in [0.1, 0.15) is 41.5 Å². The second kappa shape index (κ2) is 4.39. The number of sulfonamides is 1. The van der Waals surface area contributed by atoms with E-state index < -0.39 is 15.6 Å². The molecule has 0 aliphatic rings. The molecule has 0 aromatic heterocycles. The fourth-order valence-corrected chi connectivity index (χ4v) is 3.30. The fraction of sp³-hybridized carbons (Fsp3) is 1.00. The summed E-state index contributed by atoms with van der Waals surface area (Å²) >= 11 is 0. The first-order valence-electron chi connectivity index (χ1n) is 5.13. The zero-order chi connectivity index (χ0) is 12.5. The average Bonchev–Trinajstić information content (AvgIpc) is 1.75. The summed E-state index contributed by atoms with van der Waals surface area (Å²) in [7, 11) is -3.27. The van der Waals surface area contributed by atoms with Crippen LogP contribution in [0.15, 0.2) is 0 Å². The van der Waals surface area contributed by atoms with Gasteiger partial charge in [-0.15, -0.1) is 0 Å². The summed E-state index contributed by atoms with van der Waals surface area (Å²) in [6.07, 6.45) is 0. The highest BCUT2D eigenvalue weighted by Crippen LogP contribution is 2.17. The van der Waals surface area contributed by atoms with Gasteiger partial charge in [0.05, 0.1) is 5.75 Å². The van der Waals surface area contributed by atoms with Crippen molar-refractivity contribution in [3.8, 4) is 0 Å². The Morgan fingerprint density at radius 2 is 1.60 bits per heavy atom. The minimum absolute atomic E-state index is 0.107. The van der Waals surface area contributed by atoms with Gasteiger partial charge in [0.1, 0.15) is 0 Å². The Bertz CT molecular complexity index is 300. The van der Waals surface area contributed by atoms with Gasteiger partial charge in [0.25, 0.3) is 0 Å². The molecule has 0 spiro atoms. The van der Waals surface area contributed by atoms with Crippen molar-refractivity contribution >= 4 is 10.0 Å². The van der Waals surface area contributed by atoms with Gasteiger partial charge in [-0.3, -0.25) is 0 Å². The maximum absolute atomic E-state index is 11.8. The van der Waals surface area contributed by atoms with Crippen molar-refractivity contribution < 1.29 is 8.42 Å². The number of nitrogens with one attached hydrogen (secondary N) is 1. The lowest BCUT2D eigenvalue weighted by atomic mass is 9.99. The number of nitrogens with two attached hydrogens (primary N) is 1. The van der Waals surface area contributed by atoms with Gasteiger partial charge in [-0.05, 0) is 26.2 Å². The smallest absolute Gasteiger partial charge is 0.212 e. The summed E-state index contributed by atoms with van der Waals surface area (Å²) < 4.78 is 26.2. The Balaban J connectivity index is 4.67. The standard InChI is InChI=1S/C10H24N2O2S/c1-8(11)10(5,6)12-15(13,14)7-9(2,3)4/h8,12H,7,11H2,1-6H3. The lowest BCUT2D eigenvalue weighted by Crippen LogP contribution is -2.55. The van der Waals surface area contributed by atoms with Crippen molar-refractivity contribution in [3.05, 3.63) is 0 Å². The van der Waals surface area contributed by atoms with Crippen LogP contribution in [-0.4, -0.2) is 25.8 Å².